The van der Waals surface area contributed by atoms with Gasteiger partial charge in [-0.05, 0) is 36.5 Å². The lowest BCUT2D eigenvalue weighted by Gasteiger charge is -2.23. The van der Waals surface area contributed by atoms with E-state index in [1.807, 2.05) is 12.1 Å². The van der Waals surface area contributed by atoms with Crippen LogP contribution in [-0.4, -0.2) is 7.11 Å². The second-order valence-corrected chi connectivity index (χ2v) is 6.95. The van der Waals surface area contributed by atoms with Gasteiger partial charge in [-0.1, -0.05) is 65.7 Å². The highest BCUT2D eigenvalue weighted by Crippen LogP contribution is 2.37. The summed E-state index contributed by atoms with van der Waals surface area (Å²) < 4.78 is 5.19. The van der Waals surface area contributed by atoms with Crippen LogP contribution in [0.5, 0.6) is 5.75 Å². The van der Waals surface area contributed by atoms with Crippen molar-refractivity contribution in [1.29, 1.82) is 0 Å². The molecule has 0 aliphatic heterocycles. The molecule has 1 nitrogen and oxygen atoms in total. The van der Waals surface area contributed by atoms with Crippen LogP contribution in [0.4, 0.5) is 0 Å². The molecule has 0 N–H and O–H groups in total. The van der Waals surface area contributed by atoms with E-state index in [-0.39, 0.29) is 0 Å². The molecule has 3 heteroatoms. The highest BCUT2D eigenvalue weighted by molar-refractivity contribution is 9.09. The van der Waals surface area contributed by atoms with Crippen LogP contribution < -0.4 is 4.74 Å². The van der Waals surface area contributed by atoms with Crippen LogP contribution in [-0.2, 0) is 0 Å². The number of ether oxygens (including phenoxy) is 1. The van der Waals surface area contributed by atoms with Gasteiger partial charge < -0.3 is 4.74 Å². The molecular weight excluding hydrogens is 324 g/mol. The van der Waals surface area contributed by atoms with Crippen molar-refractivity contribution in [2.24, 2.45) is 5.92 Å². The summed E-state index contributed by atoms with van der Waals surface area (Å²) in [5.74, 6) is 1.74. The number of hydrogen-bond donors (Lipinski definition) is 0. The zero-order valence-electron chi connectivity index (χ0n) is 11.5. The van der Waals surface area contributed by atoms with E-state index >= 15 is 0 Å². The van der Waals surface area contributed by atoms with Gasteiger partial charge in [-0.15, -0.1) is 0 Å². The summed E-state index contributed by atoms with van der Waals surface area (Å²) in [5.41, 5.74) is 1.18. The normalized spacial score (nSPS) is 18.3. The Balaban J connectivity index is 1.89. The van der Waals surface area contributed by atoms with E-state index in [4.69, 9.17) is 16.3 Å². The van der Waals surface area contributed by atoms with Gasteiger partial charge in [-0.3, -0.25) is 0 Å². The Morgan fingerprint density at radius 1 is 1.32 bits per heavy atom. The van der Waals surface area contributed by atoms with Crippen LogP contribution >= 0.6 is 27.5 Å². The van der Waals surface area contributed by atoms with Gasteiger partial charge in [0.15, 0.2) is 0 Å². The summed E-state index contributed by atoms with van der Waals surface area (Å²) in [6.07, 6.45) is 9.56. The molecule has 1 aromatic rings. The molecule has 1 unspecified atom stereocenters. The summed E-state index contributed by atoms with van der Waals surface area (Å²) in [5, 5.41) is 0.796. The molecule has 19 heavy (non-hydrogen) atoms. The minimum absolute atomic E-state index is 0.354. The molecule has 1 fully saturated rings. The van der Waals surface area contributed by atoms with Gasteiger partial charge in [0.2, 0.25) is 0 Å². The third kappa shape index (κ3) is 4.39. The number of benzene rings is 1. The van der Waals surface area contributed by atoms with E-state index < -0.39 is 0 Å². The second kappa shape index (κ2) is 7.54. The van der Waals surface area contributed by atoms with Crippen molar-refractivity contribution >= 4 is 27.5 Å². The van der Waals surface area contributed by atoms with Gasteiger partial charge in [0, 0.05) is 9.85 Å². The molecule has 106 valence electrons. The monoisotopic (exact) mass is 344 g/mol. The van der Waals surface area contributed by atoms with Crippen molar-refractivity contribution in [3.8, 4) is 5.75 Å². The van der Waals surface area contributed by atoms with E-state index in [0.29, 0.717) is 4.83 Å². The van der Waals surface area contributed by atoms with Crippen molar-refractivity contribution in [2.75, 3.05) is 7.11 Å². The maximum absolute atomic E-state index is 6.31. The van der Waals surface area contributed by atoms with E-state index in [0.717, 1.165) is 23.1 Å². The van der Waals surface area contributed by atoms with Crippen molar-refractivity contribution in [2.45, 2.75) is 49.8 Å². The largest absolute Gasteiger partial charge is 0.497 e. The maximum atomic E-state index is 6.31. The van der Waals surface area contributed by atoms with E-state index in [2.05, 4.69) is 22.0 Å². The summed E-state index contributed by atoms with van der Waals surface area (Å²) in [6.45, 7) is 0. The third-order valence-corrected chi connectivity index (χ3v) is 5.38. The highest BCUT2D eigenvalue weighted by atomic mass is 79.9. The van der Waals surface area contributed by atoms with E-state index in [9.17, 15) is 0 Å². The Hall–Kier alpha value is -0.210. The summed E-state index contributed by atoms with van der Waals surface area (Å²) in [4.78, 5) is 0.354. The van der Waals surface area contributed by atoms with Gasteiger partial charge in [0.25, 0.3) is 0 Å². The molecule has 1 saturated carbocycles. The van der Waals surface area contributed by atoms with Gasteiger partial charge in [0.05, 0.1) is 7.11 Å². The van der Waals surface area contributed by atoms with Crippen molar-refractivity contribution in [3.05, 3.63) is 28.8 Å². The second-order valence-electron chi connectivity index (χ2n) is 5.44. The number of methoxy groups -OCH3 is 1. The fourth-order valence-electron chi connectivity index (χ4n) is 2.90. The predicted molar refractivity (Wildman–Crippen MR) is 85.5 cm³/mol. The lowest BCUT2D eigenvalue weighted by Crippen LogP contribution is -2.07. The Morgan fingerprint density at radius 2 is 2.05 bits per heavy atom. The first-order valence-electron chi connectivity index (χ1n) is 7.18. The van der Waals surface area contributed by atoms with Crippen LogP contribution in [0.1, 0.15) is 55.3 Å². The minimum atomic E-state index is 0.354. The van der Waals surface area contributed by atoms with Gasteiger partial charge in [0.1, 0.15) is 5.75 Å². The highest BCUT2D eigenvalue weighted by Gasteiger charge is 2.17. The maximum Gasteiger partial charge on any atom is 0.120 e. The van der Waals surface area contributed by atoms with Gasteiger partial charge >= 0.3 is 0 Å². The lowest BCUT2D eigenvalue weighted by atomic mass is 9.85. The first-order chi connectivity index (χ1) is 9.20. The Morgan fingerprint density at radius 3 is 2.68 bits per heavy atom. The molecule has 0 aromatic heterocycles. The number of rotatable bonds is 5. The molecule has 0 radical (unpaired) electrons. The van der Waals surface area contributed by atoms with Crippen molar-refractivity contribution in [3.63, 3.8) is 0 Å². The topological polar surface area (TPSA) is 9.23 Å². The summed E-state index contributed by atoms with van der Waals surface area (Å²) in [6, 6.07) is 5.95. The molecule has 2 rings (SSSR count). The number of hydrogen-bond acceptors (Lipinski definition) is 1. The smallest absolute Gasteiger partial charge is 0.120 e. The summed E-state index contributed by atoms with van der Waals surface area (Å²) >= 11 is 10.1. The molecule has 0 saturated heterocycles. The Kier molecular flexibility index (Phi) is 6.03. The fourth-order valence-corrected chi connectivity index (χ4v) is 4.00. The fraction of sp³-hybridized carbons (Fsp3) is 0.625. The lowest BCUT2D eigenvalue weighted by molar-refractivity contribution is 0.332. The van der Waals surface area contributed by atoms with Crippen LogP contribution in [0.15, 0.2) is 18.2 Å². The van der Waals surface area contributed by atoms with E-state index in [1.165, 1.54) is 44.1 Å². The first-order valence-corrected chi connectivity index (χ1v) is 8.47. The standard InChI is InChI=1S/C16H22BrClO/c1-19-13-8-9-14(16(18)11-13)15(17)10-7-12-5-3-2-4-6-12/h8-9,11-12,15H,2-7,10H2,1H3. The summed E-state index contributed by atoms with van der Waals surface area (Å²) in [7, 11) is 1.67. The van der Waals surface area contributed by atoms with Crippen LogP contribution in [0.25, 0.3) is 0 Å². The van der Waals surface area contributed by atoms with E-state index in [1.54, 1.807) is 7.11 Å². The molecule has 1 aromatic carbocycles. The predicted octanol–water partition coefficient (Wildman–Crippen LogP) is 6.15. The zero-order valence-corrected chi connectivity index (χ0v) is 13.8. The van der Waals surface area contributed by atoms with Crippen LogP contribution in [0.3, 0.4) is 0 Å². The van der Waals surface area contributed by atoms with Crippen LogP contribution in [0.2, 0.25) is 5.02 Å². The van der Waals surface area contributed by atoms with Crippen LogP contribution in [0, 0.1) is 5.92 Å². The molecule has 0 amide bonds. The molecule has 0 heterocycles. The molecule has 1 aliphatic carbocycles. The number of halogens is 2. The molecule has 0 bridgehead atoms. The first kappa shape index (κ1) is 15.2. The Bertz CT molecular complexity index is 402. The number of alkyl halides is 1. The van der Waals surface area contributed by atoms with Gasteiger partial charge in [-0.2, -0.15) is 0 Å². The van der Waals surface area contributed by atoms with Crippen molar-refractivity contribution < 1.29 is 4.74 Å². The third-order valence-electron chi connectivity index (χ3n) is 4.10. The van der Waals surface area contributed by atoms with Gasteiger partial charge in [-0.25, -0.2) is 0 Å². The molecule has 1 atom stereocenters. The SMILES string of the molecule is COc1ccc(C(Br)CCC2CCCCC2)c(Cl)c1. The average molecular weight is 346 g/mol. The minimum Gasteiger partial charge on any atom is -0.497 e. The Labute approximate surface area is 129 Å². The molecule has 1 aliphatic rings. The molecule has 0 spiro atoms. The molecular formula is C16H22BrClO. The van der Waals surface area contributed by atoms with Crippen molar-refractivity contribution in [1.82, 2.24) is 0 Å². The average Bonchev–Trinajstić information content (AvgIpc) is 2.45. The zero-order chi connectivity index (χ0) is 13.7. The quantitative estimate of drug-likeness (QED) is 0.582.